The SMILES string of the molecule is CCCc1nnsc1C(Cc1ccc(C)cc1)NCC. The largest absolute Gasteiger partial charge is 0.309 e. The van der Waals surface area contributed by atoms with E-state index in [4.69, 9.17) is 0 Å². The number of aromatic nitrogens is 2. The van der Waals surface area contributed by atoms with Gasteiger partial charge in [0.1, 0.15) is 0 Å². The van der Waals surface area contributed by atoms with Gasteiger partial charge in [0.2, 0.25) is 0 Å². The summed E-state index contributed by atoms with van der Waals surface area (Å²) < 4.78 is 4.15. The average molecular weight is 289 g/mol. The highest BCUT2D eigenvalue weighted by atomic mass is 32.1. The zero-order chi connectivity index (χ0) is 14.4. The van der Waals surface area contributed by atoms with Crippen molar-refractivity contribution in [1.29, 1.82) is 0 Å². The van der Waals surface area contributed by atoms with Crippen LogP contribution in [0.3, 0.4) is 0 Å². The fraction of sp³-hybridized carbons (Fsp3) is 0.500. The van der Waals surface area contributed by atoms with E-state index in [1.165, 1.54) is 27.5 Å². The van der Waals surface area contributed by atoms with Crippen LogP contribution in [0, 0.1) is 6.92 Å². The summed E-state index contributed by atoms with van der Waals surface area (Å²) in [5.41, 5.74) is 3.83. The average Bonchev–Trinajstić information content (AvgIpc) is 2.89. The lowest BCUT2D eigenvalue weighted by molar-refractivity contribution is 0.552. The van der Waals surface area contributed by atoms with Gasteiger partial charge in [0.15, 0.2) is 0 Å². The molecule has 1 N–H and O–H groups in total. The van der Waals surface area contributed by atoms with Crippen LogP contribution in [0.25, 0.3) is 0 Å². The highest BCUT2D eigenvalue weighted by molar-refractivity contribution is 7.05. The molecule has 1 unspecified atom stereocenters. The van der Waals surface area contributed by atoms with Gasteiger partial charge in [-0.2, -0.15) is 0 Å². The van der Waals surface area contributed by atoms with E-state index in [2.05, 4.69) is 59.9 Å². The van der Waals surface area contributed by atoms with Gasteiger partial charge in [-0.05, 0) is 43.4 Å². The van der Waals surface area contributed by atoms with E-state index in [1.807, 2.05) is 0 Å². The second-order valence-electron chi connectivity index (χ2n) is 5.13. The van der Waals surface area contributed by atoms with E-state index in [0.717, 1.165) is 31.5 Å². The molecule has 0 aliphatic carbocycles. The molecular formula is C16H23N3S. The van der Waals surface area contributed by atoms with Gasteiger partial charge in [-0.1, -0.05) is 54.6 Å². The normalized spacial score (nSPS) is 12.6. The topological polar surface area (TPSA) is 37.8 Å². The molecule has 108 valence electrons. The summed E-state index contributed by atoms with van der Waals surface area (Å²) in [4.78, 5) is 1.30. The minimum atomic E-state index is 0.323. The minimum Gasteiger partial charge on any atom is -0.309 e. The minimum absolute atomic E-state index is 0.323. The van der Waals surface area contributed by atoms with Crippen molar-refractivity contribution in [3.63, 3.8) is 0 Å². The van der Waals surface area contributed by atoms with Crippen LogP contribution in [0.5, 0.6) is 0 Å². The first-order valence-corrected chi connectivity index (χ1v) is 8.12. The molecule has 1 atom stereocenters. The third kappa shape index (κ3) is 3.87. The van der Waals surface area contributed by atoms with Crippen molar-refractivity contribution in [3.8, 4) is 0 Å². The van der Waals surface area contributed by atoms with Crippen LogP contribution >= 0.6 is 11.5 Å². The van der Waals surface area contributed by atoms with E-state index in [-0.39, 0.29) is 0 Å². The third-order valence-corrected chi connectivity index (χ3v) is 4.28. The van der Waals surface area contributed by atoms with Gasteiger partial charge < -0.3 is 5.32 Å². The summed E-state index contributed by atoms with van der Waals surface area (Å²) in [5.74, 6) is 0. The maximum Gasteiger partial charge on any atom is 0.0803 e. The van der Waals surface area contributed by atoms with Crippen molar-refractivity contribution in [3.05, 3.63) is 46.0 Å². The molecule has 0 saturated heterocycles. The smallest absolute Gasteiger partial charge is 0.0803 e. The van der Waals surface area contributed by atoms with Crippen LogP contribution in [0.2, 0.25) is 0 Å². The van der Waals surface area contributed by atoms with Crippen molar-refractivity contribution < 1.29 is 0 Å². The van der Waals surface area contributed by atoms with Gasteiger partial charge in [0.05, 0.1) is 10.6 Å². The first-order chi connectivity index (χ1) is 9.74. The zero-order valence-corrected chi connectivity index (χ0v) is 13.3. The summed E-state index contributed by atoms with van der Waals surface area (Å²) in [6.45, 7) is 7.42. The van der Waals surface area contributed by atoms with Crippen LogP contribution in [0.1, 0.15) is 48.0 Å². The molecule has 1 aromatic heterocycles. The maximum atomic E-state index is 4.29. The molecule has 0 bridgehead atoms. The number of nitrogens with one attached hydrogen (secondary N) is 1. The van der Waals surface area contributed by atoms with Gasteiger partial charge in [-0.3, -0.25) is 0 Å². The number of rotatable bonds is 7. The predicted molar refractivity (Wildman–Crippen MR) is 85.2 cm³/mol. The van der Waals surface area contributed by atoms with E-state index in [1.54, 1.807) is 0 Å². The van der Waals surface area contributed by atoms with E-state index in [0.29, 0.717) is 6.04 Å². The molecule has 20 heavy (non-hydrogen) atoms. The molecule has 0 fully saturated rings. The zero-order valence-electron chi connectivity index (χ0n) is 12.5. The van der Waals surface area contributed by atoms with Gasteiger partial charge in [0.25, 0.3) is 0 Å². The molecule has 2 rings (SSSR count). The molecule has 0 spiro atoms. The standard InChI is InChI=1S/C16H23N3S/c1-4-6-14-16(20-19-18-14)15(17-5-2)11-13-9-7-12(3)8-10-13/h7-10,15,17H,4-6,11H2,1-3H3. The van der Waals surface area contributed by atoms with E-state index >= 15 is 0 Å². The quantitative estimate of drug-likeness (QED) is 0.844. The van der Waals surface area contributed by atoms with E-state index in [9.17, 15) is 0 Å². The Morgan fingerprint density at radius 2 is 1.95 bits per heavy atom. The monoisotopic (exact) mass is 289 g/mol. The second-order valence-corrected chi connectivity index (χ2v) is 5.92. The molecule has 2 aromatic rings. The molecule has 4 heteroatoms. The number of aryl methyl sites for hydroxylation is 2. The van der Waals surface area contributed by atoms with Crippen molar-refractivity contribution in [2.24, 2.45) is 0 Å². The van der Waals surface area contributed by atoms with Gasteiger partial charge in [-0.15, -0.1) is 5.10 Å². The van der Waals surface area contributed by atoms with Crippen LogP contribution in [0.4, 0.5) is 0 Å². The second kappa shape index (κ2) is 7.50. The third-order valence-electron chi connectivity index (χ3n) is 3.40. The Morgan fingerprint density at radius 3 is 2.60 bits per heavy atom. The highest BCUT2D eigenvalue weighted by Crippen LogP contribution is 2.25. The summed E-state index contributed by atoms with van der Waals surface area (Å²) >= 11 is 1.54. The van der Waals surface area contributed by atoms with Crippen LogP contribution in [-0.2, 0) is 12.8 Å². The first kappa shape index (κ1) is 15.1. The number of hydrogen-bond donors (Lipinski definition) is 1. The molecule has 0 aliphatic rings. The molecule has 0 aliphatic heterocycles. The van der Waals surface area contributed by atoms with Gasteiger partial charge >= 0.3 is 0 Å². The van der Waals surface area contributed by atoms with Crippen LogP contribution in [-0.4, -0.2) is 16.1 Å². The van der Waals surface area contributed by atoms with Gasteiger partial charge in [-0.25, -0.2) is 0 Å². The summed E-state index contributed by atoms with van der Waals surface area (Å²) in [6.07, 6.45) is 3.12. The van der Waals surface area contributed by atoms with Crippen molar-refractivity contribution in [2.75, 3.05) is 6.54 Å². The number of hydrogen-bond acceptors (Lipinski definition) is 4. The van der Waals surface area contributed by atoms with Crippen molar-refractivity contribution in [1.82, 2.24) is 14.9 Å². The van der Waals surface area contributed by atoms with Crippen LogP contribution < -0.4 is 5.32 Å². The highest BCUT2D eigenvalue weighted by Gasteiger charge is 2.18. The summed E-state index contributed by atoms with van der Waals surface area (Å²) in [7, 11) is 0. The lowest BCUT2D eigenvalue weighted by atomic mass is 10.0. The molecular weight excluding hydrogens is 266 g/mol. The number of nitrogens with zero attached hydrogens (tertiary/aromatic N) is 2. The first-order valence-electron chi connectivity index (χ1n) is 7.34. The molecule has 3 nitrogen and oxygen atoms in total. The van der Waals surface area contributed by atoms with Crippen molar-refractivity contribution in [2.45, 2.75) is 46.1 Å². The van der Waals surface area contributed by atoms with Crippen LogP contribution in [0.15, 0.2) is 24.3 Å². The molecule has 0 radical (unpaired) electrons. The fourth-order valence-corrected chi connectivity index (χ4v) is 3.12. The molecule has 1 heterocycles. The summed E-state index contributed by atoms with van der Waals surface area (Å²) in [6, 6.07) is 9.11. The number of benzene rings is 1. The Labute approximate surface area is 125 Å². The Bertz CT molecular complexity index is 519. The Hall–Kier alpha value is -1.26. The lowest BCUT2D eigenvalue weighted by Gasteiger charge is -2.17. The van der Waals surface area contributed by atoms with Gasteiger partial charge in [0, 0.05) is 6.04 Å². The predicted octanol–water partition coefficient (Wildman–Crippen LogP) is 3.69. The Morgan fingerprint density at radius 1 is 1.20 bits per heavy atom. The molecule has 1 aromatic carbocycles. The fourth-order valence-electron chi connectivity index (χ4n) is 2.35. The molecule has 0 amide bonds. The number of likely N-dealkylation sites (N-methyl/N-ethyl adjacent to an activating group) is 1. The Kier molecular flexibility index (Phi) is 5.68. The van der Waals surface area contributed by atoms with Crippen molar-refractivity contribution >= 4 is 11.5 Å². The lowest BCUT2D eigenvalue weighted by Crippen LogP contribution is -2.23. The Balaban J connectivity index is 2.17. The summed E-state index contributed by atoms with van der Waals surface area (Å²) in [5, 5.41) is 7.87. The maximum absolute atomic E-state index is 4.29. The van der Waals surface area contributed by atoms with E-state index < -0.39 is 0 Å². The molecule has 0 saturated carbocycles.